The van der Waals surface area contributed by atoms with Crippen molar-refractivity contribution in [3.05, 3.63) is 12.7 Å². The Balaban J connectivity index is 2.29. The Bertz CT molecular complexity index is 980. The van der Waals surface area contributed by atoms with Gasteiger partial charge in [0.05, 0.1) is 13.2 Å². The van der Waals surface area contributed by atoms with Crippen LogP contribution in [0.2, 0.25) is 0 Å². The highest BCUT2D eigenvalue weighted by Gasteiger charge is 2.65. The first-order valence-electron chi connectivity index (χ1n) is 7.53. The van der Waals surface area contributed by atoms with Gasteiger partial charge in [0.25, 0.3) is 10.0 Å². The number of aliphatic hydroxyl groups excluding tert-OH is 3. The molecule has 3 heterocycles. The third kappa shape index (κ3) is 2.71. The molecule has 148 valence electrons. The molecule has 0 spiro atoms. The van der Waals surface area contributed by atoms with Gasteiger partial charge in [-0.15, -0.1) is 0 Å². The fourth-order valence-electron chi connectivity index (χ4n) is 2.82. The van der Waals surface area contributed by atoms with Gasteiger partial charge in [-0.05, 0) is 0 Å². The number of aromatic nitrogens is 4. The normalized spacial score (nSPS) is 28.5. The minimum absolute atomic E-state index is 0.00466. The van der Waals surface area contributed by atoms with Crippen LogP contribution in [0.4, 0.5) is 5.82 Å². The minimum atomic E-state index is -4.89. The highest BCUT2D eigenvalue weighted by molar-refractivity contribution is 7.90. The lowest BCUT2D eigenvalue weighted by Gasteiger charge is -2.32. The molecule has 2 aromatic rings. The number of nitrogens with one attached hydrogen (secondary N) is 1. The minimum Gasteiger partial charge on any atom is -0.394 e. The predicted octanol–water partition coefficient (Wildman–Crippen LogP) is -4.46. The van der Waals surface area contributed by atoms with Gasteiger partial charge in [-0.1, -0.05) is 0 Å². The molecule has 27 heavy (non-hydrogen) atoms. The summed E-state index contributed by atoms with van der Waals surface area (Å²) < 4.78 is 33.8. The van der Waals surface area contributed by atoms with Crippen LogP contribution in [0.3, 0.4) is 0 Å². The van der Waals surface area contributed by atoms with Crippen LogP contribution in [0.15, 0.2) is 12.7 Å². The number of nitrogens with zero attached hydrogens (tertiary/aromatic N) is 4. The number of nitrogen functional groups attached to an aromatic ring is 1. The Morgan fingerprint density at radius 1 is 1.37 bits per heavy atom. The van der Waals surface area contributed by atoms with Crippen molar-refractivity contribution < 1.29 is 33.3 Å². The molecule has 0 bridgehead atoms. The third-order valence-electron chi connectivity index (χ3n) is 4.09. The first-order chi connectivity index (χ1) is 12.7. The Labute approximate surface area is 151 Å². The van der Waals surface area contributed by atoms with Gasteiger partial charge in [0.1, 0.15) is 36.5 Å². The van der Waals surface area contributed by atoms with Gasteiger partial charge >= 0.3 is 5.06 Å². The molecule has 1 amide bonds. The van der Waals surface area contributed by atoms with Crippen LogP contribution >= 0.6 is 0 Å². The molecule has 14 nitrogen and oxygen atoms in total. The number of anilines is 1. The maximum atomic E-state index is 13.0. The summed E-state index contributed by atoms with van der Waals surface area (Å²) in [5, 5.41) is 27.3. The highest BCUT2D eigenvalue weighted by atomic mass is 32.2. The monoisotopic (exact) mass is 403 g/mol. The molecule has 0 aromatic carbocycles. The summed E-state index contributed by atoms with van der Waals surface area (Å²) in [6, 6.07) is 0. The van der Waals surface area contributed by atoms with Crippen LogP contribution in [0.25, 0.3) is 11.2 Å². The average Bonchev–Trinajstić information content (AvgIpc) is 3.16. The summed E-state index contributed by atoms with van der Waals surface area (Å²) in [6.07, 6.45) is -3.46. The first-order valence-corrected chi connectivity index (χ1v) is 9.02. The van der Waals surface area contributed by atoms with Crippen LogP contribution in [0.1, 0.15) is 0 Å². The fraction of sp³-hybridized carbons (Fsp3) is 0.500. The van der Waals surface area contributed by atoms with Crippen molar-refractivity contribution in [2.45, 2.75) is 23.4 Å². The summed E-state index contributed by atoms with van der Waals surface area (Å²) in [5.74, 6) is -1.17. The van der Waals surface area contributed by atoms with E-state index in [1.807, 2.05) is 0 Å². The molecule has 15 heteroatoms. The molecule has 8 N–H and O–H groups in total. The quantitative estimate of drug-likeness (QED) is 0.277. The van der Waals surface area contributed by atoms with Gasteiger partial charge in [-0.25, -0.2) is 28.1 Å². The summed E-state index contributed by atoms with van der Waals surface area (Å²) in [6.45, 7) is -1.48. The van der Waals surface area contributed by atoms with Gasteiger partial charge in [-0.3, -0.25) is 9.36 Å². The number of ether oxygens (including phenoxy) is 1. The molecule has 2 aromatic heterocycles. The van der Waals surface area contributed by atoms with Crippen LogP contribution in [-0.4, -0.2) is 80.6 Å². The fourth-order valence-corrected chi connectivity index (χ4v) is 4.45. The Hall–Kier alpha value is -2.43. The largest absolute Gasteiger partial charge is 0.394 e. The predicted molar refractivity (Wildman–Crippen MR) is 87.8 cm³/mol. The van der Waals surface area contributed by atoms with Crippen molar-refractivity contribution in [3.63, 3.8) is 0 Å². The van der Waals surface area contributed by atoms with Crippen LogP contribution in [0, 0.1) is 0 Å². The topological polar surface area (TPSA) is 229 Å². The number of nitrogens with two attached hydrogens (primary N) is 2. The molecule has 0 saturated carbocycles. The summed E-state index contributed by atoms with van der Waals surface area (Å²) in [4.78, 5) is 23.1. The molecule has 1 saturated heterocycles. The van der Waals surface area contributed by atoms with Crippen molar-refractivity contribution in [3.8, 4) is 0 Å². The molecular formula is C12H17N7O7S. The summed E-state index contributed by atoms with van der Waals surface area (Å²) in [7, 11) is -4.89. The average molecular weight is 403 g/mol. The van der Waals surface area contributed by atoms with Crippen LogP contribution < -0.4 is 16.2 Å². The second-order valence-electron chi connectivity index (χ2n) is 5.68. The number of carbonyl (C=O) groups is 1. The van der Waals surface area contributed by atoms with Gasteiger partial charge in [0.2, 0.25) is 5.91 Å². The number of imidazole rings is 1. The molecule has 0 unspecified atom stereocenters. The van der Waals surface area contributed by atoms with E-state index in [0.717, 1.165) is 17.2 Å². The third-order valence-corrected chi connectivity index (χ3v) is 5.90. The van der Waals surface area contributed by atoms with Crippen molar-refractivity contribution in [1.29, 1.82) is 0 Å². The maximum Gasteiger partial charge on any atom is 0.300 e. The maximum absolute atomic E-state index is 13.0. The van der Waals surface area contributed by atoms with E-state index in [2.05, 4.69) is 15.0 Å². The summed E-state index contributed by atoms with van der Waals surface area (Å²) >= 11 is 0. The van der Waals surface area contributed by atoms with Crippen molar-refractivity contribution in [2.75, 3.05) is 18.9 Å². The number of aliphatic hydroxyl groups is 3. The number of hydrogen-bond acceptors (Lipinski definition) is 12. The van der Waals surface area contributed by atoms with E-state index in [-0.39, 0.29) is 17.0 Å². The van der Waals surface area contributed by atoms with Gasteiger partial charge < -0.3 is 31.5 Å². The van der Waals surface area contributed by atoms with Crippen molar-refractivity contribution in [2.24, 2.45) is 5.73 Å². The zero-order valence-corrected chi connectivity index (χ0v) is 14.4. The molecule has 3 rings (SSSR count). The van der Waals surface area contributed by atoms with E-state index in [4.69, 9.17) is 16.2 Å². The number of sulfonamides is 1. The van der Waals surface area contributed by atoms with Crippen LogP contribution in [0.5, 0.6) is 0 Å². The smallest absolute Gasteiger partial charge is 0.300 e. The van der Waals surface area contributed by atoms with Crippen LogP contribution in [-0.2, 0) is 24.6 Å². The van der Waals surface area contributed by atoms with E-state index in [1.165, 1.54) is 0 Å². The standard InChI is InChI=1S/C12H17N7O7S/c13-1-6(21)18-27(24,25)12(9(23)8(22)5(2-20)26-12)19-4-17-7-10(14)15-3-16-11(7)19/h3-5,8-9,20,22-23H,1-2,13H2,(H,18,21)(H2,14,15,16)/t5-,8-,9-,12+/m1/s1. The molecule has 1 aliphatic heterocycles. The summed E-state index contributed by atoms with van der Waals surface area (Å²) in [5.41, 5.74) is 10.7. The number of hydrogen-bond donors (Lipinski definition) is 6. The van der Waals surface area contributed by atoms with Crippen molar-refractivity contribution >= 4 is 32.9 Å². The Kier molecular flexibility index (Phi) is 4.74. The van der Waals surface area contributed by atoms with Gasteiger partial charge in [-0.2, -0.15) is 0 Å². The van der Waals surface area contributed by atoms with Gasteiger partial charge in [0.15, 0.2) is 11.5 Å². The zero-order valence-electron chi connectivity index (χ0n) is 13.6. The number of fused-ring (bicyclic) bond motifs is 1. The van der Waals surface area contributed by atoms with E-state index >= 15 is 0 Å². The van der Waals surface area contributed by atoms with Crippen molar-refractivity contribution in [1.82, 2.24) is 24.2 Å². The highest BCUT2D eigenvalue weighted by Crippen LogP contribution is 2.41. The van der Waals surface area contributed by atoms with E-state index in [1.54, 1.807) is 4.72 Å². The lowest BCUT2D eigenvalue weighted by atomic mass is 10.1. The SMILES string of the molecule is NCC(=O)NS(=O)(=O)[C@@]1(n2cnc3c(N)ncnc32)O[C@H](CO)[C@@H](O)[C@H]1O. The van der Waals surface area contributed by atoms with E-state index in [9.17, 15) is 28.5 Å². The lowest BCUT2D eigenvalue weighted by molar-refractivity contribution is -0.118. The zero-order chi connectivity index (χ0) is 20.0. The molecule has 1 aliphatic rings. The molecular weight excluding hydrogens is 386 g/mol. The first kappa shape index (κ1) is 19.3. The van der Waals surface area contributed by atoms with E-state index in [0.29, 0.717) is 0 Å². The second kappa shape index (κ2) is 6.63. The molecule has 4 atom stereocenters. The molecule has 0 aliphatic carbocycles. The number of rotatable bonds is 5. The number of carbonyl (C=O) groups excluding carboxylic acids is 1. The Morgan fingerprint density at radius 3 is 2.67 bits per heavy atom. The number of amides is 1. The lowest BCUT2D eigenvalue weighted by Crippen LogP contribution is -2.57. The second-order valence-corrected chi connectivity index (χ2v) is 7.48. The molecule has 0 radical (unpaired) electrons. The Morgan fingerprint density at radius 2 is 2.07 bits per heavy atom. The van der Waals surface area contributed by atoms with E-state index < -0.39 is 52.5 Å². The molecule has 1 fully saturated rings. The van der Waals surface area contributed by atoms with Gasteiger partial charge in [0, 0.05) is 0 Å².